The summed E-state index contributed by atoms with van der Waals surface area (Å²) in [5.74, 6) is 1.09. The predicted molar refractivity (Wildman–Crippen MR) is 88.0 cm³/mol. The number of hydrogen-bond acceptors (Lipinski definition) is 2. The van der Waals surface area contributed by atoms with Gasteiger partial charge in [0.1, 0.15) is 12.6 Å². The lowest BCUT2D eigenvalue weighted by Gasteiger charge is -2.01. The molecule has 0 radical (unpaired) electrons. The third-order valence-electron chi connectivity index (χ3n) is 3.35. The normalized spacial score (nSPS) is 11.7. The van der Waals surface area contributed by atoms with Gasteiger partial charge in [0, 0.05) is 12.3 Å². The van der Waals surface area contributed by atoms with Crippen molar-refractivity contribution in [3.8, 4) is 0 Å². The topological polar surface area (TPSA) is 34.1 Å². The van der Waals surface area contributed by atoms with Gasteiger partial charge in [0.05, 0.1) is 0 Å². The van der Waals surface area contributed by atoms with Crippen LogP contribution in [0.15, 0.2) is 0 Å². The van der Waals surface area contributed by atoms with E-state index in [1.165, 1.54) is 44.9 Å². The van der Waals surface area contributed by atoms with Crippen LogP contribution in [0.4, 0.5) is 0 Å². The molecule has 0 aromatic heterocycles. The fourth-order valence-corrected chi connectivity index (χ4v) is 1.92. The zero-order chi connectivity index (χ0) is 15.6. The molecule has 0 aromatic rings. The van der Waals surface area contributed by atoms with E-state index in [1.54, 1.807) is 0 Å². The molecule has 120 valence electrons. The lowest BCUT2D eigenvalue weighted by molar-refractivity contribution is -0.111. The maximum absolute atomic E-state index is 10.2. The van der Waals surface area contributed by atoms with Gasteiger partial charge in [-0.1, -0.05) is 72.6 Å². The Kier molecular flexibility index (Phi) is 19.8. The summed E-state index contributed by atoms with van der Waals surface area (Å²) in [5.41, 5.74) is 0. The number of carbonyl (C=O) groups excluding carboxylic acids is 2. The zero-order valence-electron chi connectivity index (χ0n) is 14.2. The maximum atomic E-state index is 10.2. The Morgan fingerprint density at radius 3 is 1.90 bits per heavy atom. The molecule has 2 heteroatoms. The van der Waals surface area contributed by atoms with E-state index < -0.39 is 0 Å². The second-order valence-electron chi connectivity index (χ2n) is 6.16. The van der Waals surface area contributed by atoms with Gasteiger partial charge in [-0.15, -0.1) is 0 Å². The molecule has 0 saturated heterocycles. The molecule has 0 amide bonds. The first-order valence-corrected chi connectivity index (χ1v) is 8.47. The maximum Gasteiger partial charge on any atom is 0.122 e. The van der Waals surface area contributed by atoms with Gasteiger partial charge in [0.25, 0.3) is 0 Å². The van der Waals surface area contributed by atoms with Crippen LogP contribution in [0, 0.1) is 11.8 Å². The molecule has 0 heterocycles. The van der Waals surface area contributed by atoms with Crippen LogP contribution in [0.5, 0.6) is 0 Å². The van der Waals surface area contributed by atoms with Gasteiger partial charge in [-0.25, -0.2) is 0 Å². The van der Waals surface area contributed by atoms with Crippen molar-refractivity contribution in [2.24, 2.45) is 11.8 Å². The molecule has 0 fully saturated rings. The third kappa shape index (κ3) is 22.5. The van der Waals surface area contributed by atoms with E-state index >= 15 is 0 Å². The number of unbranched alkanes of at least 4 members (excludes halogenated alkanes) is 6. The Morgan fingerprint density at radius 1 is 0.800 bits per heavy atom. The van der Waals surface area contributed by atoms with Gasteiger partial charge in [-0.2, -0.15) is 0 Å². The van der Waals surface area contributed by atoms with Gasteiger partial charge in [-0.3, -0.25) is 0 Å². The van der Waals surface area contributed by atoms with E-state index in [9.17, 15) is 9.59 Å². The van der Waals surface area contributed by atoms with Crippen molar-refractivity contribution in [3.63, 3.8) is 0 Å². The van der Waals surface area contributed by atoms with Crippen molar-refractivity contribution in [1.29, 1.82) is 0 Å². The number of rotatable bonds is 12. The molecule has 0 saturated carbocycles. The van der Waals surface area contributed by atoms with Crippen LogP contribution in [0.2, 0.25) is 0 Å². The minimum Gasteiger partial charge on any atom is -0.303 e. The minimum absolute atomic E-state index is 0.275. The largest absolute Gasteiger partial charge is 0.303 e. The summed E-state index contributed by atoms with van der Waals surface area (Å²) in [7, 11) is 0. The standard InChI is InChI=1S/2C9H18O/c1-9(2)7-5-3-4-6-8-10;1-3-4-5-6-7-9(2)8-10/h2*8-9H,3-7H2,1-2H3. The molecular formula is C18H36O2. The van der Waals surface area contributed by atoms with Gasteiger partial charge in [0.2, 0.25) is 0 Å². The molecule has 0 aliphatic carbocycles. The molecule has 0 aliphatic rings. The molecule has 1 atom stereocenters. The fourth-order valence-electron chi connectivity index (χ4n) is 1.92. The van der Waals surface area contributed by atoms with Gasteiger partial charge in [-0.05, 0) is 18.8 Å². The Bertz CT molecular complexity index is 200. The smallest absolute Gasteiger partial charge is 0.122 e. The van der Waals surface area contributed by atoms with Crippen LogP contribution in [0.1, 0.15) is 91.9 Å². The second-order valence-corrected chi connectivity index (χ2v) is 6.16. The van der Waals surface area contributed by atoms with E-state index in [2.05, 4.69) is 20.8 Å². The lowest BCUT2D eigenvalue weighted by Crippen LogP contribution is -1.94. The van der Waals surface area contributed by atoms with Crippen molar-refractivity contribution in [2.75, 3.05) is 0 Å². The molecule has 0 N–H and O–H groups in total. The molecule has 0 bridgehead atoms. The number of carbonyl (C=O) groups is 2. The average molecular weight is 284 g/mol. The highest BCUT2D eigenvalue weighted by atomic mass is 16.1. The minimum atomic E-state index is 0.275. The summed E-state index contributed by atoms with van der Waals surface area (Å²) in [6.45, 7) is 8.65. The third-order valence-corrected chi connectivity index (χ3v) is 3.35. The molecule has 0 spiro atoms. The van der Waals surface area contributed by atoms with Crippen LogP contribution in [-0.4, -0.2) is 12.6 Å². The SMILES string of the molecule is CC(C)CCCCCC=O.CCCCCCC(C)C=O. The van der Waals surface area contributed by atoms with Crippen molar-refractivity contribution in [3.05, 3.63) is 0 Å². The summed E-state index contributed by atoms with van der Waals surface area (Å²) >= 11 is 0. The Labute approximate surface area is 126 Å². The molecule has 2 nitrogen and oxygen atoms in total. The average Bonchev–Trinajstić information content (AvgIpc) is 2.43. The van der Waals surface area contributed by atoms with Crippen LogP contribution in [0.3, 0.4) is 0 Å². The first-order chi connectivity index (χ1) is 9.58. The highest BCUT2D eigenvalue weighted by Gasteiger charge is 1.97. The highest BCUT2D eigenvalue weighted by molar-refractivity contribution is 5.52. The fraction of sp³-hybridized carbons (Fsp3) is 0.889. The quantitative estimate of drug-likeness (QED) is 0.346. The summed E-state index contributed by atoms with van der Waals surface area (Å²) in [6.07, 6.45) is 13.9. The molecule has 1 unspecified atom stereocenters. The van der Waals surface area contributed by atoms with Gasteiger partial charge in [0.15, 0.2) is 0 Å². The Morgan fingerprint density at radius 2 is 1.40 bits per heavy atom. The Balaban J connectivity index is 0. The number of aldehydes is 2. The summed E-state index contributed by atoms with van der Waals surface area (Å²) in [4.78, 5) is 20.1. The van der Waals surface area contributed by atoms with Gasteiger partial charge >= 0.3 is 0 Å². The molecule has 0 rings (SSSR count). The van der Waals surface area contributed by atoms with Gasteiger partial charge < -0.3 is 9.59 Å². The predicted octanol–water partition coefficient (Wildman–Crippen LogP) is 5.58. The summed E-state index contributed by atoms with van der Waals surface area (Å²) < 4.78 is 0. The van der Waals surface area contributed by atoms with E-state index in [4.69, 9.17) is 0 Å². The van der Waals surface area contributed by atoms with E-state index in [-0.39, 0.29) is 5.92 Å². The van der Waals surface area contributed by atoms with Crippen molar-refractivity contribution < 1.29 is 9.59 Å². The summed E-state index contributed by atoms with van der Waals surface area (Å²) in [6, 6.07) is 0. The molecular weight excluding hydrogens is 248 g/mol. The molecule has 0 aromatic carbocycles. The van der Waals surface area contributed by atoms with Crippen molar-refractivity contribution in [1.82, 2.24) is 0 Å². The number of hydrogen-bond donors (Lipinski definition) is 0. The lowest BCUT2D eigenvalue weighted by atomic mass is 10.0. The van der Waals surface area contributed by atoms with E-state index in [0.717, 1.165) is 37.8 Å². The van der Waals surface area contributed by atoms with Crippen molar-refractivity contribution in [2.45, 2.75) is 91.9 Å². The first kappa shape index (κ1) is 21.6. The van der Waals surface area contributed by atoms with E-state index in [0.29, 0.717) is 0 Å². The highest BCUT2D eigenvalue weighted by Crippen LogP contribution is 2.08. The van der Waals surface area contributed by atoms with Crippen molar-refractivity contribution >= 4 is 12.6 Å². The van der Waals surface area contributed by atoms with Crippen LogP contribution < -0.4 is 0 Å². The molecule has 20 heavy (non-hydrogen) atoms. The van der Waals surface area contributed by atoms with Crippen LogP contribution >= 0.6 is 0 Å². The van der Waals surface area contributed by atoms with E-state index in [1.807, 2.05) is 6.92 Å². The zero-order valence-corrected chi connectivity index (χ0v) is 14.2. The monoisotopic (exact) mass is 284 g/mol. The second kappa shape index (κ2) is 18.3. The van der Waals surface area contributed by atoms with Crippen LogP contribution in [-0.2, 0) is 9.59 Å². The first-order valence-electron chi connectivity index (χ1n) is 8.47. The Hall–Kier alpha value is -0.660. The molecule has 0 aliphatic heterocycles. The van der Waals surface area contributed by atoms with Crippen LogP contribution in [0.25, 0.3) is 0 Å². The summed E-state index contributed by atoms with van der Waals surface area (Å²) in [5, 5.41) is 0.